The van der Waals surface area contributed by atoms with E-state index < -0.39 is 0 Å². The normalized spacial score (nSPS) is 26.6. The van der Waals surface area contributed by atoms with Crippen LogP contribution in [0, 0.1) is 11.8 Å². The zero-order valence-electron chi connectivity index (χ0n) is 15.5. The lowest BCUT2D eigenvalue weighted by Gasteiger charge is -2.21. The first-order chi connectivity index (χ1) is 13.7. The van der Waals surface area contributed by atoms with Gasteiger partial charge in [0.15, 0.2) is 0 Å². The van der Waals surface area contributed by atoms with E-state index in [2.05, 4.69) is 32.2 Å². The molecular weight excluding hydrogens is 442 g/mol. The lowest BCUT2D eigenvalue weighted by molar-refractivity contribution is 0.0765. The second-order valence-electron chi connectivity index (χ2n) is 7.73. The molecule has 0 aromatic carbocycles. The Kier molecular flexibility index (Phi) is 5.11. The highest BCUT2D eigenvalue weighted by Gasteiger charge is 2.45. The van der Waals surface area contributed by atoms with Crippen LogP contribution in [0.1, 0.15) is 33.0 Å². The summed E-state index contributed by atoms with van der Waals surface area (Å²) in [7, 11) is 0. The van der Waals surface area contributed by atoms with Gasteiger partial charge < -0.3 is 14.4 Å². The minimum atomic E-state index is 0.107. The van der Waals surface area contributed by atoms with E-state index in [1.807, 2.05) is 17.0 Å². The lowest BCUT2D eigenvalue weighted by Crippen LogP contribution is -2.32. The smallest absolute Gasteiger partial charge is 0.263 e. The maximum atomic E-state index is 13.1. The number of ether oxygens (including phenoxy) is 2. The Morgan fingerprint density at radius 3 is 2.96 bits per heavy atom. The second kappa shape index (κ2) is 7.72. The highest BCUT2D eigenvalue weighted by Crippen LogP contribution is 2.41. The van der Waals surface area contributed by atoms with Gasteiger partial charge in [-0.05, 0) is 58.8 Å². The summed E-state index contributed by atoms with van der Waals surface area (Å²) in [6, 6.07) is 5.77. The number of hydrogen-bond donors (Lipinski definition) is 0. The third-order valence-electron chi connectivity index (χ3n) is 6.05. The van der Waals surface area contributed by atoms with Gasteiger partial charge in [-0.2, -0.15) is 0 Å². The molecule has 2 fully saturated rings. The van der Waals surface area contributed by atoms with Crippen LogP contribution in [-0.2, 0) is 17.6 Å². The van der Waals surface area contributed by atoms with Gasteiger partial charge in [-0.1, -0.05) is 0 Å². The molecule has 3 aliphatic rings. The number of carbonyl (C=O) groups is 1. The number of likely N-dealkylation sites (tertiary alicyclic amines) is 1. The first-order valence-electron chi connectivity index (χ1n) is 9.82. The molecule has 1 saturated heterocycles. The number of carbonyl (C=O) groups excluding carboxylic acids is 1. The van der Waals surface area contributed by atoms with E-state index >= 15 is 0 Å². The average Bonchev–Trinajstić information content (AvgIpc) is 3.35. The van der Waals surface area contributed by atoms with Crippen LogP contribution in [0.15, 0.2) is 22.8 Å². The SMILES string of the molecule is O=C(c1cc2c(s1)CCOCC2)N1C[C@@H]2CC[C@@H](Oc3ccc(Br)nn3)[C@@H]2C1. The Morgan fingerprint density at radius 2 is 2.11 bits per heavy atom. The van der Waals surface area contributed by atoms with Gasteiger partial charge >= 0.3 is 0 Å². The highest BCUT2D eigenvalue weighted by molar-refractivity contribution is 9.10. The summed E-state index contributed by atoms with van der Waals surface area (Å²) in [5.41, 5.74) is 1.29. The van der Waals surface area contributed by atoms with Crippen molar-refractivity contribution in [2.24, 2.45) is 11.8 Å². The fraction of sp³-hybridized carbons (Fsp3) is 0.550. The van der Waals surface area contributed by atoms with E-state index in [-0.39, 0.29) is 12.0 Å². The molecule has 2 aromatic rings. The average molecular weight is 464 g/mol. The molecule has 6 nitrogen and oxygen atoms in total. The lowest BCUT2D eigenvalue weighted by atomic mass is 9.99. The summed E-state index contributed by atoms with van der Waals surface area (Å²) >= 11 is 4.95. The number of aromatic nitrogens is 2. The molecule has 5 rings (SSSR count). The molecule has 0 unspecified atom stereocenters. The van der Waals surface area contributed by atoms with Gasteiger partial charge in [0.1, 0.15) is 10.7 Å². The molecule has 8 heteroatoms. The van der Waals surface area contributed by atoms with Gasteiger partial charge in [0.25, 0.3) is 5.91 Å². The van der Waals surface area contributed by atoms with Crippen molar-refractivity contribution in [3.05, 3.63) is 38.1 Å². The van der Waals surface area contributed by atoms with Crippen LogP contribution in [0.25, 0.3) is 0 Å². The van der Waals surface area contributed by atoms with Crippen LogP contribution in [0.4, 0.5) is 0 Å². The van der Waals surface area contributed by atoms with Crippen molar-refractivity contribution in [1.29, 1.82) is 0 Å². The fourth-order valence-electron chi connectivity index (χ4n) is 4.65. The molecule has 2 aliphatic heterocycles. The molecule has 28 heavy (non-hydrogen) atoms. The number of hydrogen-bond acceptors (Lipinski definition) is 6. The Balaban J connectivity index is 1.26. The van der Waals surface area contributed by atoms with Gasteiger partial charge in [-0.15, -0.1) is 21.5 Å². The van der Waals surface area contributed by atoms with Crippen molar-refractivity contribution < 1.29 is 14.3 Å². The molecule has 1 saturated carbocycles. The quantitative estimate of drug-likeness (QED) is 0.698. The van der Waals surface area contributed by atoms with Gasteiger partial charge in [0, 0.05) is 36.4 Å². The molecule has 4 heterocycles. The first-order valence-corrected chi connectivity index (χ1v) is 11.4. The van der Waals surface area contributed by atoms with Crippen molar-refractivity contribution in [3.63, 3.8) is 0 Å². The zero-order chi connectivity index (χ0) is 19.1. The zero-order valence-corrected chi connectivity index (χ0v) is 17.9. The number of amides is 1. The van der Waals surface area contributed by atoms with Gasteiger partial charge in [-0.25, -0.2) is 0 Å². The van der Waals surface area contributed by atoms with E-state index in [9.17, 15) is 4.79 Å². The van der Waals surface area contributed by atoms with Gasteiger partial charge in [0.05, 0.1) is 18.1 Å². The maximum Gasteiger partial charge on any atom is 0.263 e. The van der Waals surface area contributed by atoms with Crippen molar-refractivity contribution in [1.82, 2.24) is 15.1 Å². The molecule has 3 atom stereocenters. The maximum absolute atomic E-state index is 13.1. The minimum Gasteiger partial charge on any atom is -0.473 e. The van der Waals surface area contributed by atoms with E-state index in [4.69, 9.17) is 9.47 Å². The van der Waals surface area contributed by atoms with Crippen molar-refractivity contribution in [2.45, 2.75) is 31.8 Å². The van der Waals surface area contributed by atoms with Crippen LogP contribution in [-0.4, -0.2) is 53.4 Å². The molecular formula is C20H22BrN3O3S. The van der Waals surface area contributed by atoms with Crippen LogP contribution in [0.3, 0.4) is 0 Å². The monoisotopic (exact) mass is 463 g/mol. The van der Waals surface area contributed by atoms with Gasteiger partial charge in [-0.3, -0.25) is 4.79 Å². The number of fused-ring (bicyclic) bond motifs is 2. The number of rotatable bonds is 3. The Hall–Kier alpha value is -1.51. The van der Waals surface area contributed by atoms with Crippen molar-refractivity contribution in [2.75, 3.05) is 26.3 Å². The standard InChI is InChI=1S/C20H22BrN3O3S/c21-18-3-4-19(23-22-18)27-15-2-1-13-10-24(11-14(13)15)20(25)17-9-12-5-7-26-8-6-16(12)28-17/h3-4,9,13-15H,1-2,5-8,10-11H2/t13-,14+,15+/m0/s1. The predicted molar refractivity (Wildman–Crippen MR) is 109 cm³/mol. The number of halogens is 1. The number of nitrogens with zero attached hydrogens (tertiary/aromatic N) is 3. The Labute approximate surface area is 176 Å². The molecule has 0 bridgehead atoms. The molecule has 0 N–H and O–H groups in total. The third-order valence-corrected chi connectivity index (χ3v) is 7.70. The van der Waals surface area contributed by atoms with Crippen LogP contribution in [0.2, 0.25) is 0 Å². The summed E-state index contributed by atoms with van der Waals surface area (Å²) < 4.78 is 12.3. The van der Waals surface area contributed by atoms with E-state index in [1.54, 1.807) is 11.3 Å². The summed E-state index contributed by atoms with van der Waals surface area (Å²) in [5, 5.41) is 8.09. The largest absolute Gasteiger partial charge is 0.473 e. The predicted octanol–water partition coefficient (Wildman–Crippen LogP) is 3.35. The highest BCUT2D eigenvalue weighted by atomic mass is 79.9. The number of thiophene rings is 1. The van der Waals surface area contributed by atoms with Crippen molar-refractivity contribution >= 4 is 33.2 Å². The topological polar surface area (TPSA) is 64.5 Å². The summed E-state index contributed by atoms with van der Waals surface area (Å²) in [5.74, 6) is 1.63. The molecule has 1 aliphatic carbocycles. The summed E-state index contributed by atoms with van der Waals surface area (Å²) in [6.07, 6.45) is 4.05. The molecule has 0 spiro atoms. The van der Waals surface area contributed by atoms with Crippen molar-refractivity contribution in [3.8, 4) is 5.88 Å². The fourth-order valence-corrected chi connectivity index (χ4v) is 6.02. The molecule has 148 valence electrons. The molecule has 0 radical (unpaired) electrons. The van der Waals surface area contributed by atoms with Gasteiger partial charge in [0.2, 0.25) is 5.88 Å². The van der Waals surface area contributed by atoms with E-state index in [0.717, 1.165) is 56.9 Å². The summed E-state index contributed by atoms with van der Waals surface area (Å²) in [6.45, 7) is 3.11. The second-order valence-corrected chi connectivity index (χ2v) is 9.68. The van der Waals surface area contributed by atoms with Crippen LogP contribution < -0.4 is 4.74 Å². The molecule has 1 amide bonds. The Morgan fingerprint density at radius 1 is 1.21 bits per heavy atom. The minimum absolute atomic E-state index is 0.107. The Bertz CT molecular complexity index is 849. The van der Waals surface area contributed by atoms with Crippen LogP contribution >= 0.6 is 27.3 Å². The van der Waals surface area contributed by atoms with E-state index in [0.29, 0.717) is 22.3 Å². The van der Waals surface area contributed by atoms with E-state index in [1.165, 1.54) is 10.4 Å². The van der Waals surface area contributed by atoms with Crippen LogP contribution in [0.5, 0.6) is 5.88 Å². The summed E-state index contributed by atoms with van der Waals surface area (Å²) in [4.78, 5) is 17.3. The first kappa shape index (κ1) is 18.5. The third kappa shape index (κ3) is 3.57. The molecule has 2 aromatic heterocycles.